The average Bonchev–Trinajstić information content (AvgIpc) is 3.15. The zero-order valence-corrected chi connectivity index (χ0v) is 32.0. The molecule has 0 radical (unpaired) electrons. The number of hydrogen-bond donors (Lipinski definition) is 5. The zero-order valence-electron chi connectivity index (χ0n) is 32.0. The molecular weight excluding hydrogens is 746 g/mol. The Kier molecular flexibility index (Phi) is 11.0. The first-order valence-electron chi connectivity index (χ1n) is 19.2. The van der Waals surface area contributed by atoms with E-state index in [-0.39, 0.29) is 56.8 Å². The van der Waals surface area contributed by atoms with Crippen LogP contribution in [0, 0.1) is 23.2 Å². The number of esters is 2. The van der Waals surface area contributed by atoms with E-state index < -0.39 is 47.5 Å². The maximum absolute atomic E-state index is 14.3. The van der Waals surface area contributed by atoms with E-state index >= 15 is 0 Å². The van der Waals surface area contributed by atoms with Gasteiger partial charge >= 0.3 is 23.9 Å². The van der Waals surface area contributed by atoms with Crippen molar-refractivity contribution in [2.75, 3.05) is 18.4 Å². The van der Waals surface area contributed by atoms with Crippen molar-refractivity contribution in [1.29, 1.82) is 0 Å². The Morgan fingerprint density at radius 3 is 1.84 bits per heavy atom. The molecule has 58 heavy (non-hydrogen) atoms. The van der Waals surface area contributed by atoms with Crippen LogP contribution < -0.4 is 25.4 Å². The molecular formula is C44H43N3O11. The standard InChI is InChI=1S/C44H43N3O11/c1-23(48)57-33-14-29-15-35(40(51)46-22-44-18-25-8-26(19-44)10-27(9-25)20-44)36(17-34(29)38(16-33)58-24(2)49)39(50)45-21-37(28-6-4-3-5-7-28)41(52)47-32-12-30(42(53)54)11-31(13-32)43(55)56/h3-7,11-17,25-27,37H,8-10,18-22H2,1-2H3,(H,45,50)(H,46,51)(H,47,52)(H,53,54)(H,55,56). The van der Waals surface area contributed by atoms with Crippen molar-refractivity contribution in [2.24, 2.45) is 23.2 Å². The fourth-order valence-electron chi connectivity index (χ4n) is 9.57. The van der Waals surface area contributed by atoms with Gasteiger partial charge in [0.25, 0.3) is 11.8 Å². The van der Waals surface area contributed by atoms with E-state index in [9.17, 15) is 43.8 Å². The van der Waals surface area contributed by atoms with Gasteiger partial charge in [0.15, 0.2) is 0 Å². The van der Waals surface area contributed by atoms with Crippen molar-refractivity contribution in [3.8, 4) is 11.5 Å². The fraction of sp³-hybridized carbons (Fsp3) is 0.341. The van der Waals surface area contributed by atoms with Gasteiger partial charge in [-0.3, -0.25) is 24.0 Å². The van der Waals surface area contributed by atoms with Crippen LogP contribution >= 0.6 is 0 Å². The minimum Gasteiger partial charge on any atom is -0.478 e. The van der Waals surface area contributed by atoms with Crippen LogP contribution in [0.4, 0.5) is 5.69 Å². The Balaban J connectivity index is 1.21. The second-order valence-corrected chi connectivity index (χ2v) is 15.9. The van der Waals surface area contributed by atoms with E-state index in [2.05, 4.69) is 16.0 Å². The summed E-state index contributed by atoms with van der Waals surface area (Å²) in [7, 11) is 0. The van der Waals surface area contributed by atoms with Crippen LogP contribution in [-0.2, 0) is 14.4 Å². The van der Waals surface area contributed by atoms with Gasteiger partial charge in [0, 0.05) is 44.1 Å². The minimum absolute atomic E-state index is 0.0101. The lowest BCUT2D eigenvalue weighted by atomic mass is 9.49. The van der Waals surface area contributed by atoms with E-state index in [1.165, 1.54) is 57.4 Å². The van der Waals surface area contributed by atoms with E-state index in [4.69, 9.17) is 9.47 Å². The number of hydrogen-bond acceptors (Lipinski definition) is 9. The van der Waals surface area contributed by atoms with Crippen molar-refractivity contribution in [3.05, 3.63) is 101 Å². The Morgan fingerprint density at radius 2 is 1.28 bits per heavy atom. The molecule has 4 aromatic rings. The number of nitrogens with one attached hydrogen (secondary N) is 3. The number of aromatic carboxylic acids is 2. The highest BCUT2D eigenvalue weighted by atomic mass is 16.5. The lowest BCUT2D eigenvalue weighted by Gasteiger charge is -2.56. The summed E-state index contributed by atoms with van der Waals surface area (Å²) >= 11 is 0. The molecule has 14 heteroatoms. The minimum atomic E-state index is -1.39. The van der Waals surface area contributed by atoms with E-state index in [0.29, 0.717) is 35.2 Å². The van der Waals surface area contributed by atoms with Gasteiger partial charge in [-0.05, 0) is 109 Å². The number of ether oxygens (including phenoxy) is 2. The summed E-state index contributed by atoms with van der Waals surface area (Å²) in [5.41, 5.74) is -0.368. The van der Waals surface area contributed by atoms with E-state index in [1.54, 1.807) is 30.3 Å². The molecule has 4 saturated carbocycles. The first-order chi connectivity index (χ1) is 27.6. The molecule has 4 bridgehead atoms. The summed E-state index contributed by atoms with van der Waals surface area (Å²) in [6.07, 6.45) is 6.84. The molecule has 0 spiro atoms. The highest BCUT2D eigenvalue weighted by Crippen LogP contribution is 2.59. The molecule has 0 saturated heterocycles. The Morgan fingerprint density at radius 1 is 0.707 bits per heavy atom. The predicted molar refractivity (Wildman–Crippen MR) is 210 cm³/mol. The van der Waals surface area contributed by atoms with Gasteiger partial charge in [0.1, 0.15) is 11.5 Å². The van der Waals surface area contributed by atoms with Crippen LogP contribution in [-0.4, -0.2) is 64.9 Å². The molecule has 4 aliphatic rings. The molecule has 0 aromatic heterocycles. The molecule has 4 aromatic carbocycles. The fourth-order valence-corrected chi connectivity index (χ4v) is 9.57. The predicted octanol–water partition coefficient (Wildman–Crippen LogP) is 6.19. The average molecular weight is 790 g/mol. The summed E-state index contributed by atoms with van der Waals surface area (Å²) in [6, 6.07) is 17.4. The van der Waals surface area contributed by atoms with Crippen molar-refractivity contribution in [2.45, 2.75) is 58.3 Å². The maximum Gasteiger partial charge on any atom is 0.335 e. The second-order valence-electron chi connectivity index (χ2n) is 15.9. The highest BCUT2D eigenvalue weighted by Gasteiger charge is 2.50. The SMILES string of the molecule is CC(=O)Oc1cc(OC(C)=O)c2cc(C(=O)NCC(C(=O)Nc3cc(C(=O)O)cc(C(=O)O)c3)c3ccccc3)c(C(=O)NCC34CC5CC(CC(C5)C3)C4)cc2c1. The summed E-state index contributed by atoms with van der Waals surface area (Å²) in [6.45, 7) is 2.56. The maximum atomic E-state index is 14.3. The van der Waals surface area contributed by atoms with Gasteiger partial charge in [0.2, 0.25) is 5.91 Å². The van der Waals surface area contributed by atoms with Crippen molar-refractivity contribution < 1.29 is 53.2 Å². The number of benzene rings is 4. The first kappa shape index (κ1) is 39.7. The van der Waals surface area contributed by atoms with Gasteiger partial charge in [-0.25, -0.2) is 9.59 Å². The number of anilines is 1. The number of rotatable bonds is 13. The van der Waals surface area contributed by atoms with E-state index in [1.807, 2.05) is 0 Å². The third kappa shape index (κ3) is 8.70. The summed E-state index contributed by atoms with van der Waals surface area (Å²) in [5.74, 6) is -5.03. The Bertz CT molecular complexity index is 2290. The molecule has 14 nitrogen and oxygen atoms in total. The van der Waals surface area contributed by atoms with Gasteiger partial charge in [-0.1, -0.05) is 30.3 Å². The van der Waals surface area contributed by atoms with Crippen molar-refractivity contribution >= 4 is 58.1 Å². The number of fused-ring (bicyclic) bond motifs is 1. The monoisotopic (exact) mass is 789 g/mol. The number of carbonyl (C=O) groups excluding carboxylic acids is 5. The molecule has 3 amide bonds. The molecule has 1 atom stereocenters. The van der Waals surface area contributed by atoms with Crippen LogP contribution in [0.25, 0.3) is 10.8 Å². The lowest BCUT2D eigenvalue weighted by Crippen LogP contribution is -2.51. The lowest BCUT2D eigenvalue weighted by molar-refractivity contribution is -0.132. The molecule has 4 aliphatic carbocycles. The van der Waals surface area contributed by atoms with Crippen LogP contribution in [0.15, 0.2) is 72.8 Å². The van der Waals surface area contributed by atoms with Gasteiger partial charge in [-0.15, -0.1) is 0 Å². The molecule has 1 unspecified atom stereocenters. The zero-order chi connectivity index (χ0) is 41.3. The number of amides is 3. The topological polar surface area (TPSA) is 214 Å². The largest absolute Gasteiger partial charge is 0.478 e. The van der Waals surface area contributed by atoms with Gasteiger partial charge < -0.3 is 35.6 Å². The van der Waals surface area contributed by atoms with Gasteiger partial charge in [-0.2, -0.15) is 0 Å². The van der Waals surface area contributed by atoms with Gasteiger partial charge in [0.05, 0.1) is 28.2 Å². The third-order valence-electron chi connectivity index (χ3n) is 11.5. The van der Waals surface area contributed by atoms with Crippen molar-refractivity contribution in [3.63, 3.8) is 0 Å². The summed E-state index contributed by atoms with van der Waals surface area (Å²) < 4.78 is 10.8. The first-order valence-corrected chi connectivity index (χ1v) is 19.2. The van der Waals surface area contributed by atoms with Crippen molar-refractivity contribution in [1.82, 2.24) is 10.6 Å². The summed E-state index contributed by atoms with van der Waals surface area (Å²) in [4.78, 5) is 89.9. The van der Waals surface area contributed by atoms with E-state index in [0.717, 1.165) is 37.5 Å². The normalized spacial score (nSPS) is 20.8. The quantitative estimate of drug-likeness (QED) is 0.0761. The molecule has 8 rings (SSSR count). The Hall–Kier alpha value is -6.57. The molecule has 300 valence electrons. The Labute approximate surface area is 333 Å². The molecule has 5 N–H and O–H groups in total. The third-order valence-corrected chi connectivity index (χ3v) is 11.5. The molecule has 0 heterocycles. The molecule has 0 aliphatic heterocycles. The number of carboxylic acid groups (broad SMARTS) is 2. The van der Waals surface area contributed by atoms with Crippen LogP contribution in [0.2, 0.25) is 0 Å². The number of carboxylic acids is 2. The summed E-state index contributed by atoms with van der Waals surface area (Å²) in [5, 5.41) is 28.3. The van der Waals surface area contributed by atoms with Crippen LogP contribution in [0.3, 0.4) is 0 Å². The second kappa shape index (κ2) is 16.1. The van der Waals surface area contributed by atoms with Crippen LogP contribution in [0.1, 0.15) is 105 Å². The number of carbonyl (C=O) groups is 7. The van der Waals surface area contributed by atoms with Crippen LogP contribution in [0.5, 0.6) is 11.5 Å². The smallest absolute Gasteiger partial charge is 0.335 e. The highest BCUT2D eigenvalue weighted by molar-refractivity contribution is 6.12. The molecule has 4 fully saturated rings.